The molecule has 0 spiro atoms. The average Bonchev–Trinajstić information content (AvgIpc) is 3.21. The molecule has 1 aliphatic heterocycles. The van der Waals surface area contributed by atoms with E-state index in [-0.39, 0.29) is 0 Å². The molecule has 1 fully saturated rings. The number of fused-ring (bicyclic) bond motifs is 1. The summed E-state index contributed by atoms with van der Waals surface area (Å²) in [5.41, 5.74) is 4.71. The fourth-order valence-corrected chi connectivity index (χ4v) is 3.50. The van der Waals surface area contributed by atoms with Gasteiger partial charge in [0.2, 0.25) is 0 Å². The number of hydrogen-bond donors (Lipinski definition) is 4. The quantitative estimate of drug-likeness (QED) is 0.328. The highest BCUT2D eigenvalue weighted by atomic mass is 32.1. The molecule has 11 nitrogen and oxygen atoms in total. The first-order chi connectivity index (χ1) is 19.1. The first-order valence-electron chi connectivity index (χ1n) is 11.3. The topological polar surface area (TPSA) is 166 Å². The van der Waals surface area contributed by atoms with E-state index in [1.54, 1.807) is 11.3 Å². The van der Waals surface area contributed by atoms with Crippen LogP contribution in [-0.2, 0) is 45.4 Å². The van der Waals surface area contributed by atoms with E-state index in [0.29, 0.717) is 13.2 Å². The Bertz CT molecular complexity index is 1140. The molecule has 0 unspecified atom stereocenters. The SMILES string of the molecule is Cc1nc(COCc2n[nH]c3c2CN(CC2CC2)C3)cs1.O=C(O)C(F)(F)F.O=C(O)C(F)(F)F.O=C(O)C(F)(F)F. The molecule has 0 aromatic carbocycles. The Morgan fingerprint density at radius 3 is 1.79 bits per heavy atom. The third kappa shape index (κ3) is 13.9. The van der Waals surface area contributed by atoms with Gasteiger partial charge in [0.1, 0.15) is 0 Å². The lowest BCUT2D eigenvalue weighted by molar-refractivity contribution is -0.193. The highest BCUT2D eigenvalue weighted by Crippen LogP contribution is 2.33. The Hall–Kier alpha value is -3.46. The van der Waals surface area contributed by atoms with E-state index in [4.69, 9.17) is 34.4 Å². The summed E-state index contributed by atoms with van der Waals surface area (Å²) in [6, 6.07) is 0. The summed E-state index contributed by atoms with van der Waals surface area (Å²) in [4.78, 5) is 33.6. The zero-order valence-electron chi connectivity index (χ0n) is 21.2. The van der Waals surface area contributed by atoms with Crippen molar-refractivity contribution in [2.75, 3.05) is 6.54 Å². The van der Waals surface area contributed by atoms with Crippen LogP contribution < -0.4 is 0 Å². The van der Waals surface area contributed by atoms with Crippen molar-refractivity contribution >= 4 is 29.2 Å². The molecule has 0 atom stereocenters. The standard InChI is InChI=1S/C15H20N4OS.3C2HF3O2/c1-10-16-12(9-21-10)7-20-8-15-13-5-19(4-11-2-3-11)6-14(13)17-18-15;3*3-2(4,5)1(6)7/h9,11H,2-8H2,1H3,(H,17,18);3*(H,6,7). The molecule has 1 aliphatic carbocycles. The summed E-state index contributed by atoms with van der Waals surface area (Å²) in [6.07, 6.45) is -12.4. The first-order valence-corrected chi connectivity index (χ1v) is 12.2. The molecule has 2 aromatic rings. The highest BCUT2D eigenvalue weighted by molar-refractivity contribution is 7.09. The number of aliphatic carboxylic acids is 3. The zero-order chi connectivity index (χ0) is 32.5. The van der Waals surface area contributed by atoms with E-state index >= 15 is 0 Å². The monoisotopic (exact) mass is 646 g/mol. The molecule has 42 heavy (non-hydrogen) atoms. The van der Waals surface area contributed by atoms with Crippen LogP contribution in [0.2, 0.25) is 0 Å². The van der Waals surface area contributed by atoms with Crippen molar-refractivity contribution in [1.82, 2.24) is 20.1 Å². The Balaban J connectivity index is 0.000000348. The number of thiazole rings is 1. The number of ether oxygens (including phenoxy) is 1. The lowest BCUT2D eigenvalue weighted by atomic mass is 10.2. The van der Waals surface area contributed by atoms with Crippen molar-refractivity contribution < 1.29 is 74.0 Å². The van der Waals surface area contributed by atoms with Gasteiger partial charge in [-0.05, 0) is 25.7 Å². The lowest BCUT2D eigenvalue weighted by Crippen LogP contribution is -2.21. The van der Waals surface area contributed by atoms with Crippen molar-refractivity contribution in [3.63, 3.8) is 0 Å². The van der Waals surface area contributed by atoms with Gasteiger partial charge in [0.05, 0.1) is 35.3 Å². The van der Waals surface area contributed by atoms with Crippen LogP contribution in [0.5, 0.6) is 0 Å². The first kappa shape index (κ1) is 36.6. The van der Waals surface area contributed by atoms with Gasteiger partial charge in [-0.2, -0.15) is 44.6 Å². The van der Waals surface area contributed by atoms with Crippen LogP contribution >= 0.6 is 11.3 Å². The van der Waals surface area contributed by atoms with E-state index in [0.717, 1.165) is 35.4 Å². The second-order valence-electron chi connectivity index (χ2n) is 8.50. The Morgan fingerprint density at radius 1 is 0.929 bits per heavy atom. The van der Waals surface area contributed by atoms with Gasteiger partial charge < -0.3 is 20.1 Å². The van der Waals surface area contributed by atoms with Gasteiger partial charge in [0.15, 0.2) is 0 Å². The number of carbonyl (C=O) groups is 3. The number of H-pyrrole nitrogens is 1. The summed E-state index contributed by atoms with van der Waals surface area (Å²) in [6.45, 7) is 6.43. The van der Waals surface area contributed by atoms with Crippen molar-refractivity contribution in [1.29, 1.82) is 0 Å². The van der Waals surface area contributed by atoms with Crippen molar-refractivity contribution in [2.24, 2.45) is 5.92 Å². The second-order valence-corrected chi connectivity index (χ2v) is 9.56. The van der Waals surface area contributed by atoms with Crippen molar-refractivity contribution in [2.45, 2.75) is 64.6 Å². The molecule has 2 aromatic heterocycles. The number of carboxylic acid groups (broad SMARTS) is 3. The van der Waals surface area contributed by atoms with Crippen LogP contribution in [0.1, 0.15) is 40.5 Å². The minimum Gasteiger partial charge on any atom is -0.475 e. The van der Waals surface area contributed by atoms with Crippen LogP contribution in [0.15, 0.2) is 5.38 Å². The number of nitrogens with one attached hydrogen (secondary N) is 1. The number of rotatable bonds is 6. The Morgan fingerprint density at radius 2 is 1.40 bits per heavy atom. The highest BCUT2D eigenvalue weighted by Gasteiger charge is 2.39. The van der Waals surface area contributed by atoms with Gasteiger partial charge in [-0.15, -0.1) is 11.3 Å². The van der Waals surface area contributed by atoms with Gasteiger partial charge in [0.25, 0.3) is 0 Å². The zero-order valence-corrected chi connectivity index (χ0v) is 22.0. The van der Waals surface area contributed by atoms with Gasteiger partial charge in [-0.1, -0.05) is 0 Å². The van der Waals surface area contributed by atoms with Crippen molar-refractivity contribution in [3.05, 3.63) is 33.0 Å². The molecule has 238 valence electrons. The third-order valence-electron chi connectivity index (χ3n) is 4.90. The molecule has 2 aliphatic rings. The van der Waals surface area contributed by atoms with Crippen LogP contribution in [0.25, 0.3) is 0 Å². The number of alkyl halides is 9. The summed E-state index contributed by atoms with van der Waals surface area (Å²) in [7, 11) is 0. The molecular formula is C21H23F9N4O7S. The van der Waals surface area contributed by atoms with Crippen LogP contribution in [0, 0.1) is 12.8 Å². The molecule has 3 heterocycles. The summed E-state index contributed by atoms with van der Waals surface area (Å²) in [5.74, 6) is -7.33. The number of carboxylic acids is 3. The summed E-state index contributed by atoms with van der Waals surface area (Å²) >= 11 is 1.66. The van der Waals surface area contributed by atoms with Crippen LogP contribution in [0.4, 0.5) is 39.5 Å². The maximum atomic E-state index is 10.6. The minimum atomic E-state index is -5.08. The maximum absolute atomic E-state index is 10.6. The number of halogens is 9. The smallest absolute Gasteiger partial charge is 0.475 e. The fraction of sp³-hybridized carbons (Fsp3) is 0.571. The van der Waals surface area contributed by atoms with Gasteiger partial charge in [-0.3, -0.25) is 10.00 Å². The van der Waals surface area contributed by atoms with E-state index in [1.165, 1.54) is 30.6 Å². The molecule has 0 amide bonds. The number of aromatic nitrogens is 3. The van der Waals surface area contributed by atoms with E-state index in [9.17, 15) is 39.5 Å². The number of aromatic amines is 1. The molecule has 4 rings (SSSR count). The molecular weight excluding hydrogens is 623 g/mol. The molecule has 0 radical (unpaired) electrons. The van der Waals surface area contributed by atoms with Crippen molar-refractivity contribution in [3.8, 4) is 0 Å². The van der Waals surface area contributed by atoms with Gasteiger partial charge >= 0.3 is 36.4 Å². The molecule has 21 heteroatoms. The number of hydrogen-bond acceptors (Lipinski definition) is 8. The molecule has 0 bridgehead atoms. The number of nitrogens with zero attached hydrogens (tertiary/aromatic N) is 3. The van der Waals surface area contributed by atoms with Crippen LogP contribution in [-0.4, -0.2) is 78.4 Å². The van der Waals surface area contributed by atoms with Gasteiger partial charge in [-0.25, -0.2) is 19.4 Å². The number of aryl methyl sites for hydroxylation is 1. The lowest BCUT2D eigenvalue weighted by Gasteiger charge is -2.14. The minimum absolute atomic E-state index is 0.567. The largest absolute Gasteiger partial charge is 0.490 e. The summed E-state index contributed by atoms with van der Waals surface area (Å²) < 4.78 is 101. The van der Waals surface area contributed by atoms with E-state index in [1.807, 2.05) is 6.92 Å². The summed E-state index contributed by atoms with van der Waals surface area (Å²) in [5, 5.41) is 32.1. The van der Waals surface area contributed by atoms with E-state index < -0.39 is 36.4 Å². The Labute approximate surface area is 233 Å². The third-order valence-corrected chi connectivity index (χ3v) is 5.72. The van der Waals surface area contributed by atoms with Crippen LogP contribution in [0.3, 0.4) is 0 Å². The molecule has 4 N–H and O–H groups in total. The molecule has 0 saturated heterocycles. The fourth-order valence-electron chi connectivity index (χ4n) is 2.91. The van der Waals surface area contributed by atoms with Gasteiger partial charge in [0, 0.05) is 30.6 Å². The predicted molar refractivity (Wildman–Crippen MR) is 122 cm³/mol. The second kappa shape index (κ2) is 15.1. The average molecular weight is 646 g/mol. The van der Waals surface area contributed by atoms with E-state index in [2.05, 4.69) is 25.5 Å². The normalized spacial score (nSPS) is 14.8. The maximum Gasteiger partial charge on any atom is 0.490 e. The Kier molecular flexibility index (Phi) is 13.2. The predicted octanol–water partition coefficient (Wildman–Crippen LogP) is 4.52. The molecule has 1 saturated carbocycles.